The summed E-state index contributed by atoms with van der Waals surface area (Å²) in [6.45, 7) is 6.75. The summed E-state index contributed by atoms with van der Waals surface area (Å²) in [6.07, 6.45) is 2.28. The Balaban J connectivity index is 2.11. The van der Waals surface area contributed by atoms with Gasteiger partial charge in [0, 0.05) is 13.1 Å². The van der Waals surface area contributed by atoms with E-state index in [-0.39, 0.29) is 11.9 Å². The van der Waals surface area contributed by atoms with Crippen molar-refractivity contribution in [2.75, 3.05) is 53.5 Å². The third-order valence-electron chi connectivity index (χ3n) is 3.18. The number of carbonyl (C=O) groups excluding carboxylic acids is 1. The molecular formula is C13H27N3O2. The second kappa shape index (κ2) is 8.45. The van der Waals surface area contributed by atoms with Crippen molar-refractivity contribution in [2.24, 2.45) is 0 Å². The summed E-state index contributed by atoms with van der Waals surface area (Å²) in [4.78, 5) is 16.1. The summed E-state index contributed by atoms with van der Waals surface area (Å²) in [5.41, 5.74) is 0. The van der Waals surface area contributed by atoms with E-state index in [0.29, 0.717) is 13.2 Å². The first-order chi connectivity index (χ1) is 8.61. The molecule has 1 rings (SSSR count). The molecule has 5 nitrogen and oxygen atoms in total. The molecule has 1 aliphatic rings. The molecule has 1 heterocycles. The van der Waals surface area contributed by atoms with Gasteiger partial charge in [0.1, 0.15) is 0 Å². The number of amides is 1. The van der Waals surface area contributed by atoms with E-state index in [1.807, 2.05) is 11.8 Å². The lowest BCUT2D eigenvalue weighted by atomic mass is 10.2. The first-order valence-corrected chi connectivity index (χ1v) is 6.86. The third kappa shape index (κ3) is 5.80. The fourth-order valence-electron chi connectivity index (χ4n) is 2.02. The van der Waals surface area contributed by atoms with Gasteiger partial charge < -0.3 is 19.9 Å². The fraction of sp³-hybridized carbons (Fsp3) is 0.923. The number of morpholine rings is 1. The van der Waals surface area contributed by atoms with Gasteiger partial charge in [-0.05, 0) is 47.0 Å². The van der Waals surface area contributed by atoms with Crippen molar-refractivity contribution in [2.45, 2.75) is 25.8 Å². The maximum atomic E-state index is 12.1. The molecule has 1 aliphatic heterocycles. The first-order valence-electron chi connectivity index (χ1n) is 6.86. The molecule has 18 heavy (non-hydrogen) atoms. The Labute approximate surface area is 110 Å². The van der Waals surface area contributed by atoms with Crippen molar-refractivity contribution in [3.63, 3.8) is 0 Å². The summed E-state index contributed by atoms with van der Waals surface area (Å²) in [5, 5.41) is 3.30. The van der Waals surface area contributed by atoms with E-state index >= 15 is 0 Å². The molecule has 0 aromatic heterocycles. The Hall–Kier alpha value is -0.650. The summed E-state index contributed by atoms with van der Waals surface area (Å²) in [7, 11) is 4.16. The van der Waals surface area contributed by atoms with Gasteiger partial charge in [-0.3, -0.25) is 4.79 Å². The van der Waals surface area contributed by atoms with Crippen LogP contribution < -0.4 is 5.32 Å². The number of carbonyl (C=O) groups is 1. The summed E-state index contributed by atoms with van der Waals surface area (Å²) < 4.78 is 5.25. The average Bonchev–Trinajstić information content (AvgIpc) is 2.38. The highest BCUT2D eigenvalue weighted by molar-refractivity contribution is 5.81. The zero-order chi connectivity index (χ0) is 13.4. The van der Waals surface area contributed by atoms with Crippen molar-refractivity contribution < 1.29 is 9.53 Å². The lowest BCUT2D eigenvalue weighted by molar-refractivity contribution is -0.137. The molecule has 1 N–H and O–H groups in total. The molecule has 0 radical (unpaired) electrons. The minimum atomic E-state index is -0.0811. The van der Waals surface area contributed by atoms with Crippen LogP contribution in [0, 0.1) is 0 Å². The molecule has 0 spiro atoms. The van der Waals surface area contributed by atoms with Crippen molar-refractivity contribution in [3.8, 4) is 0 Å². The average molecular weight is 257 g/mol. The van der Waals surface area contributed by atoms with Crippen LogP contribution in [0.15, 0.2) is 0 Å². The number of ether oxygens (including phenoxy) is 1. The lowest BCUT2D eigenvalue weighted by Gasteiger charge is -2.29. The van der Waals surface area contributed by atoms with Crippen LogP contribution in [0.5, 0.6) is 0 Å². The van der Waals surface area contributed by atoms with Crippen LogP contribution in [0.25, 0.3) is 0 Å². The third-order valence-corrected chi connectivity index (χ3v) is 3.18. The normalized spacial score (nSPS) is 18.1. The maximum absolute atomic E-state index is 12.1. The number of hydrogen-bond acceptors (Lipinski definition) is 4. The molecule has 1 fully saturated rings. The standard InChI is InChI=1S/C13H27N3O2/c1-12(14-6-4-5-7-15(2)3)13(17)16-8-10-18-11-9-16/h12,14H,4-11H2,1-3H3. The number of rotatable bonds is 7. The highest BCUT2D eigenvalue weighted by Gasteiger charge is 2.21. The Morgan fingerprint density at radius 1 is 1.33 bits per heavy atom. The molecular weight excluding hydrogens is 230 g/mol. The summed E-state index contributed by atoms with van der Waals surface area (Å²) >= 11 is 0. The second-order valence-electron chi connectivity index (χ2n) is 5.12. The van der Waals surface area contributed by atoms with Crippen LogP contribution >= 0.6 is 0 Å². The maximum Gasteiger partial charge on any atom is 0.239 e. The number of hydrogen-bond donors (Lipinski definition) is 1. The topological polar surface area (TPSA) is 44.8 Å². The Morgan fingerprint density at radius 3 is 2.61 bits per heavy atom. The van der Waals surface area contributed by atoms with E-state index in [0.717, 1.165) is 32.6 Å². The van der Waals surface area contributed by atoms with Gasteiger partial charge in [-0.15, -0.1) is 0 Å². The highest BCUT2D eigenvalue weighted by atomic mass is 16.5. The van der Waals surface area contributed by atoms with Gasteiger partial charge >= 0.3 is 0 Å². The molecule has 1 unspecified atom stereocenters. The predicted molar refractivity (Wildman–Crippen MR) is 72.7 cm³/mol. The number of nitrogens with one attached hydrogen (secondary N) is 1. The van der Waals surface area contributed by atoms with E-state index in [9.17, 15) is 4.79 Å². The molecule has 0 aliphatic carbocycles. The number of unbranched alkanes of at least 4 members (excludes halogenated alkanes) is 1. The van der Waals surface area contributed by atoms with E-state index in [1.165, 1.54) is 6.42 Å². The van der Waals surface area contributed by atoms with Crippen molar-refractivity contribution >= 4 is 5.91 Å². The van der Waals surface area contributed by atoms with Gasteiger partial charge in [-0.25, -0.2) is 0 Å². The van der Waals surface area contributed by atoms with Crippen LogP contribution in [0.1, 0.15) is 19.8 Å². The zero-order valence-corrected chi connectivity index (χ0v) is 11.9. The van der Waals surface area contributed by atoms with Gasteiger partial charge in [-0.1, -0.05) is 0 Å². The minimum Gasteiger partial charge on any atom is -0.378 e. The molecule has 0 aromatic carbocycles. The number of nitrogens with zero attached hydrogens (tertiary/aromatic N) is 2. The van der Waals surface area contributed by atoms with Crippen LogP contribution in [0.3, 0.4) is 0 Å². The van der Waals surface area contributed by atoms with Crippen LogP contribution in [-0.4, -0.2) is 75.2 Å². The van der Waals surface area contributed by atoms with Crippen LogP contribution in [0.4, 0.5) is 0 Å². The van der Waals surface area contributed by atoms with Crippen molar-refractivity contribution in [1.29, 1.82) is 0 Å². The van der Waals surface area contributed by atoms with Gasteiger partial charge in [-0.2, -0.15) is 0 Å². The van der Waals surface area contributed by atoms with Gasteiger partial charge in [0.25, 0.3) is 0 Å². The van der Waals surface area contributed by atoms with Crippen molar-refractivity contribution in [1.82, 2.24) is 15.1 Å². The SMILES string of the molecule is CC(NCCCCN(C)C)C(=O)N1CCOCC1. The largest absolute Gasteiger partial charge is 0.378 e. The van der Waals surface area contributed by atoms with Crippen LogP contribution in [-0.2, 0) is 9.53 Å². The van der Waals surface area contributed by atoms with Gasteiger partial charge in [0.2, 0.25) is 5.91 Å². The summed E-state index contributed by atoms with van der Waals surface area (Å²) in [5.74, 6) is 0.200. The quantitative estimate of drug-likeness (QED) is 0.660. The first kappa shape index (κ1) is 15.4. The predicted octanol–water partition coefficient (Wildman–Crippen LogP) is 0.165. The van der Waals surface area contributed by atoms with Crippen LogP contribution in [0.2, 0.25) is 0 Å². The molecule has 1 atom stereocenters. The molecule has 0 saturated carbocycles. The second-order valence-corrected chi connectivity index (χ2v) is 5.12. The minimum absolute atomic E-state index is 0.0811. The fourth-order valence-corrected chi connectivity index (χ4v) is 2.02. The van der Waals surface area contributed by atoms with Crippen molar-refractivity contribution in [3.05, 3.63) is 0 Å². The Bertz CT molecular complexity index is 240. The molecule has 0 aromatic rings. The zero-order valence-electron chi connectivity index (χ0n) is 11.9. The molecule has 1 amide bonds. The van der Waals surface area contributed by atoms with Gasteiger partial charge in [0.05, 0.1) is 19.3 Å². The summed E-state index contributed by atoms with van der Waals surface area (Å²) in [6, 6.07) is -0.0811. The highest BCUT2D eigenvalue weighted by Crippen LogP contribution is 2.01. The Morgan fingerprint density at radius 2 is 2.00 bits per heavy atom. The van der Waals surface area contributed by atoms with E-state index in [4.69, 9.17) is 4.74 Å². The van der Waals surface area contributed by atoms with E-state index < -0.39 is 0 Å². The molecule has 106 valence electrons. The Kier molecular flexibility index (Phi) is 7.23. The molecule has 0 bridgehead atoms. The molecule has 1 saturated heterocycles. The monoisotopic (exact) mass is 257 g/mol. The lowest BCUT2D eigenvalue weighted by Crippen LogP contribution is -2.49. The van der Waals surface area contributed by atoms with E-state index in [2.05, 4.69) is 24.3 Å². The van der Waals surface area contributed by atoms with E-state index in [1.54, 1.807) is 0 Å². The molecule has 5 heteroatoms. The smallest absolute Gasteiger partial charge is 0.239 e. The van der Waals surface area contributed by atoms with Gasteiger partial charge in [0.15, 0.2) is 0 Å².